The van der Waals surface area contributed by atoms with E-state index in [2.05, 4.69) is 10.3 Å². The first-order valence-electron chi connectivity index (χ1n) is 7.97. The number of hydrogen-bond donors (Lipinski definition) is 2. The second kappa shape index (κ2) is 6.25. The number of para-hydroxylation sites is 2. The first-order chi connectivity index (χ1) is 12.6. The standard InChI is InChI=1S/C18H15N5O3/c24-16(19-13-7-3-1-4-8-13)12-22-17(25)20-15-11-21(18(26)23(15)22)14-9-5-2-6-10-14/h1-11H,12H2,(H,19,24)(H,20,25). The van der Waals surface area contributed by atoms with Crippen LogP contribution < -0.4 is 16.7 Å². The van der Waals surface area contributed by atoms with Gasteiger partial charge < -0.3 is 5.32 Å². The van der Waals surface area contributed by atoms with E-state index in [0.29, 0.717) is 17.0 Å². The number of aromatic nitrogens is 4. The van der Waals surface area contributed by atoms with Crippen LogP contribution in [0.3, 0.4) is 0 Å². The van der Waals surface area contributed by atoms with E-state index in [0.717, 1.165) is 4.68 Å². The van der Waals surface area contributed by atoms with E-state index in [1.54, 1.807) is 36.4 Å². The molecular formula is C18H15N5O3. The maximum atomic E-state index is 12.7. The Kier molecular flexibility index (Phi) is 3.77. The fourth-order valence-corrected chi connectivity index (χ4v) is 2.79. The lowest BCUT2D eigenvalue weighted by molar-refractivity contribution is -0.117. The first-order valence-corrected chi connectivity index (χ1v) is 7.97. The van der Waals surface area contributed by atoms with Crippen molar-refractivity contribution in [1.29, 1.82) is 0 Å². The molecule has 0 aliphatic carbocycles. The van der Waals surface area contributed by atoms with Gasteiger partial charge in [0, 0.05) is 5.69 Å². The van der Waals surface area contributed by atoms with E-state index in [-0.39, 0.29) is 6.54 Å². The Morgan fingerprint density at radius 1 is 0.962 bits per heavy atom. The minimum Gasteiger partial charge on any atom is -0.324 e. The number of aromatic amines is 1. The summed E-state index contributed by atoms with van der Waals surface area (Å²) in [5.74, 6) is -0.404. The van der Waals surface area contributed by atoms with Gasteiger partial charge in [0.15, 0.2) is 5.65 Å². The molecule has 2 N–H and O–H groups in total. The summed E-state index contributed by atoms with van der Waals surface area (Å²) in [5.41, 5.74) is 0.641. The van der Waals surface area contributed by atoms with Gasteiger partial charge in [-0.3, -0.25) is 14.3 Å². The van der Waals surface area contributed by atoms with E-state index >= 15 is 0 Å². The molecule has 2 aromatic carbocycles. The van der Waals surface area contributed by atoms with Crippen molar-refractivity contribution in [1.82, 2.24) is 18.7 Å². The van der Waals surface area contributed by atoms with Gasteiger partial charge in [-0.15, -0.1) is 0 Å². The number of benzene rings is 2. The Labute approximate surface area is 146 Å². The zero-order chi connectivity index (χ0) is 18.1. The maximum absolute atomic E-state index is 12.7. The number of carbonyl (C=O) groups is 1. The van der Waals surface area contributed by atoms with Gasteiger partial charge in [-0.25, -0.2) is 14.3 Å². The van der Waals surface area contributed by atoms with Crippen molar-refractivity contribution in [2.75, 3.05) is 5.32 Å². The van der Waals surface area contributed by atoms with Crippen LogP contribution in [0.1, 0.15) is 0 Å². The van der Waals surface area contributed by atoms with Gasteiger partial charge in [0.25, 0.3) is 0 Å². The number of rotatable bonds is 4. The van der Waals surface area contributed by atoms with E-state index in [1.165, 1.54) is 15.3 Å². The minimum atomic E-state index is -0.527. The van der Waals surface area contributed by atoms with Crippen molar-refractivity contribution < 1.29 is 4.79 Å². The summed E-state index contributed by atoms with van der Waals surface area (Å²) < 4.78 is 3.66. The number of nitrogens with zero attached hydrogens (tertiary/aromatic N) is 3. The van der Waals surface area contributed by atoms with Crippen molar-refractivity contribution in [3.8, 4) is 5.69 Å². The molecule has 0 atom stereocenters. The summed E-state index contributed by atoms with van der Waals surface area (Å²) in [6.45, 7) is -0.285. The zero-order valence-corrected chi connectivity index (χ0v) is 13.6. The number of fused-ring (bicyclic) bond motifs is 1. The summed E-state index contributed by atoms with van der Waals surface area (Å²) in [6.07, 6.45) is 1.53. The SMILES string of the molecule is O=C(Cn1c(=O)[nH]c2cn(-c3ccccc3)c(=O)n21)Nc1ccccc1. The number of H-pyrrole nitrogens is 1. The predicted octanol–water partition coefficient (Wildman–Crippen LogP) is 1.22. The molecule has 0 fully saturated rings. The third kappa shape index (κ3) is 2.73. The van der Waals surface area contributed by atoms with Crippen LogP contribution in [0.25, 0.3) is 11.3 Å². The highest BCUT2D eigenvalue weighted by Gasteiger charge is 2.16. The molecule has 26 heavy (non-hydrogen) atoms. The molecule has 8 heteroatoms. The van der Waals surface area contributed by atoms with Crippen LogP contribution in [-0.4, -0.2) is 24.7 Å². The fourth-order valence-electron chi connectivity index (χ4n) is 2.79. The average molecular weight is 349 g/mol. The normalized spacial score (nSPS) is 10.9. The van der Waals surface area contributed by atoms with Crippen LogP contribution in [0.2, 0.25) is 0 Å². The predicted molar refractivity (Wildman–Crippen MR) is 96.7 cm³/mol. The maximum Gasteiger partial charge on any atom is 0.353 e. The molecule has 0 spiro atoms. The molecule has 0 bridgehead atoms. The molecule has 0 saturated carbocycles. The van der Waals surface area contributed by atoms with Gasteiger partial charge in [-0.2, -0.15) is 4.52 Å². The molecule has 8 nitrogen and oxygen atoms in total. The Hall–Kier alpha value is -3.81. The van der Waals surface area contributed by atoms with Gasteiger partial charge >= 0.3 is 11.4 Å². The third-order valence-corrected chi connectivity index (χ3v) is 3.96. The molecule has 2 aromatic heterocycles. The molecule has 130 valence electrons. The van der Waals surface area contributed by atoms with Crippen LogP contribution in [0.4, 0.5) is 5.69 Å². The molecule has 1 amide bonds. The van der Waals surface area contributed by atoms with Gasteiger partial charge in [0.1, 0.15) is 6.54 Å². The van der Waals surface area contributed by atoms with E-state index in [4.69, 9.17) is 0 Å². The van der Waals surface area contributed by atoms with Crippen molar-refractivity contribution in [2.24, 2.45) is 0 Å². The van der Waals surface area contributed by atoms with Crippen LogP contribution in [0, 0.1) is 0 Å². The number of hydrogen-bond acceptors (Lipinski definition) is 3. The summed E-state index contributed by atoms with van der Waals surface area (Å²) in [7, 11) is 0. The molecule has 0 saturated heterocycles. The van der Waals surface area contributed by atoms with Gasteiger partial charge in [-0.1, -0.05) is 36.4 Å². The summed E-state index contributed by atoms with van der Waals surface area (Å²) >= 11 is 0. The summed E-state index contributed by atoms with van der Waals surface area (Å²) in [5, 5.41) is 2.70. The van der Waals surface area contributed by atoms with Crippen molar-refractivity contribution in [3.63, 3.8) is 0 Å². The average Bonchev–Trinajstić information content (AvgIpc) is 3.13. The van der Waals surface area contributed by atoms with Crippen LogP contribution in [0.15, 0.2) is 76.4 Å². The highest BCUT2D eigenvalue weighted by Crippen LogP contribution is 2.07. The Balaban J connectivity index is 1.70. The molecule has 2 heterocycles. The van der Waals surface area contributed by atoms with E-state index < -0.39 is 17.3 Å². The fraction of sp³-hybridized carbons (Fsp3) is 0.0556. The minimum absolute atomic E-state index is 0.285. The molecule has 4 rings (SSSR count). The van der Waals surface area contributed by atoms with Crippen molar-refractivity contribution in [3.05, 3.63) is 87.8 Å². The Bertz CT molecular complexity index is 1180. The molecular weight excluding hydrogens is 334 g/mol. The Morgan fingerprint density at radius 2 is 1.62 bits per heavy atom. The summed E-state index contributed by atoms with van der Waals surface area (Å²) in [4.78, 5) is 39.7. The van der Waals surface area contributed by atoms with Crippen LogP contribution in [-0.2, 0) is 11.3 Å². The lowest BCUT2D eigenvalue weighted by Gasteiger charge is -2.05. The van der Waals surface area contributed by atoms with E-state index in [9.17, 15) is 14.4 Å². The monoisotopic (exact) mass is 349 g/mol. The largest absolute Gasteiger partial charge is 0.353 e. The lowest BCUT2D eigenvalue weighted by atomic mass is 10.3. The zero-order valence-electron chi connectivity index (χ0n) is 13.6. The molecule has 0 aliphatic heterocycles. The van der Waals surface area contributed by atoms with Crippen molar-refractivity contribution in [2.45, 2.75) is 6.54 Å². The molecule has 0 aliphatic rings. The first kappa shape index (κ1) is 15.7. The summed E-state index contributed by atoms with van der Waals surface area (Å²) in [6, 6.07) is 17.9. The molecule has 0 radical (unpaired) electrons. The number of imidazole rings is 1. The second-order valence-electron chi connectivity index (χ2n) is 5.72. The number of amides is 1. The van der Waals surface area contributed by atoms with Crippen molar-refractivity contribution >= 4 is 17.2 Å². The van der Waals surface area contributed by atoms with Crippen LogP contribution >= 0.6 is 0 Å². The topological polar surface area (TPSA) is 93.3 Å². The van der Waals surface area contributed by atoms with E-state index in [1.807, 2.05) is 24.3 Å². The number of carbonyl (C=O) groups excluding carboxylic acids is 1. The lowest BCUT2D eigenvalue weighted by Crippen LogP contribution is -2.33. The Morgan fingerprint density at radius 3 is 2.31 bits per heavy atom. The molecule has 0 unspecified atom stereocenters. The smallest absolute Gasteiger partial charge is 0.324 e. The highest BCUT2D eigenvalue weighted by molar-refractivity contribution is 5.90. The number of nitrogens with one attached hydrogen (secondary N) is 2. The third-order valence-electron chi connectivity index (χ3n) is 3.96. The quantitative estimate of drug-likeness (QED) is 0.580. The highest BCUT2D eigenvalue weighted by atomic mass is 16.2. The molecule has 4 aromatic rings. The number of anilines is 1. The van der Waals surface area contributed by atoms with Gasteiger partial charge in [-0.05, 0) is 24.3 Å². The van der Waals surface area contributed by atoms with Crippen LogP contribution in [0.5, 0.6) is 0 Å². The second-order valence-corrected chi connectivity index (χ2v) is 5.72. The van der Waals surface area contributed by atoms with Gasteiger partial charge in [0.2, 0.25) is 5.91 Å². The van der Waals surface area contributed by atoms with Gasteiger partial charge in [0.05, 0.1) is 11.9 Å².